The molecule has 0 radical (unpaired) electrons. The molecule has 2 heterocycles. The fourth-order valence-electron chi connectivity index (χ4n) is 1.61. The molecule has 0 spiro atoms. The molecule has 2 aromatic rings. The number of rotatable bonds is 4. The molecule has 4 heteroatoms. The van der Waals surface area contributed by atoms with Gasteiger partial charge in [0, 0.05) is 42.3 Å². The maximum Gasteiger partial charge on any atom is 0.115 e. The fourth-order valence-corrected chi connectivity index (χ4v) is 1.61. The van der Waals surface area contributed by atoms with E-state index < -0.39 is 0 Å². The first kappa shape index (κ1) is 10.7. The van der Waals surface area contributed by atoms with Crippen LogP contribution in [-0.4, -0.2) is 22.0 Å². The van der Waals surface area contributed by atoms with Crippen molar-refractivity contribution in [3.8, 4) is 0 Å². The quantitative estimate of drug-likeness (QED) is 0.835. The summed E-state index contributed by atoms with van der Waals surface area (Å²) in [6.07, 6.45) is 7.85. The van der Waals surface area contributed by atoms with E-state index in [1.807, 2.05) is 43.8 Å². The van der Waals surface area contributed by atoms with E-state index in [2.05, 4.69) is 20.3 Å². The minimum absolute atomic E-state index is 0.205. The van der Waals surface area contributed by atoms with Gasteiger partial charge in [-0.1, -0.05) is 6.07 Å². The summed E-state index contributed by atoms with van der Waals surface area (Å²) >= 11 is 0. The second-order valence-electron chi connectivity index (χ2n) is 3.54. The van der Waals surface area contributed by atoms with Gasteiger partial charge in [-0.2, -0.15) is 0 Å². The van der Waals surface area contributed by atoms with Crippen molar-refractivity contribution in [3.05, 3.63) is 54.4 Å². The average Bonchev–Trinajstić information content (AvgIpc) is 2.38. The van der Waals surface area contributed by atoms with Gasteiger partial charge in [0.25, 0.3) is 0 Å². The Hall–Kier alpha value is -1.81. The van der Waals surface area contributed by atoms with Gasteiger partial charge in [0.15, 0.2) is 0 Å². The topological polar surface area (TPSA) is 50.7 Å². The Morgan fingerprint density at radius 2 is 2.06 bits per heavy atom. The predicted octanol–water partition coefficient (Wildman–Crippen LogP) is 1.37. The summed E-state index contributed by atoms with van der Waals surface area (Å²) in [6.45, 7) is 0. The standard InChI is InChI=1S/C12H14N4/c1-13-12(10-7-14-9-15-8-10)6-11-4-2-3-5-16-11/h2-5,7-9,12-13H,6H2,1H3. The van der Waals surface area contributed by atoms with Gasteiger partial charge in [-0.3, -0.25) is 4.98 Å². The highest BCUT2D eigenvalue weighted by Crippen LogP contribution is 2.14. The molecule has 1 N–H and O–H groups in total. The SMILES string of the molecule is CNC(Cc1ccccn1)c1cncnc1. The number of nitrogens with zero attached hydrogens (tertiary/aromatic N) is 3. The molecule has 0 fully saturated rings. The first-order chi connectivity index (χ1) is 7.90. The van der Waals surface area contributed by atoms with E-state index in [0.29, 0.717) is 0 Å². The van der Waals surface area contributed by atoms with Crippen molar-refractivity contribution in [2.75, 3.05) is 7.05 Å². The molecule has 2 aromatic heterocycles. The third-order valence-corrected chi connectivity index (χ3v) is 2.47. The van der Waals surface area contributed by atoms with E-state index >= 15 is 0 Å². The van der Waals surface area contributed by atoms with Crippen LogP contribution in [-0.2, 0) is 6.42 Å². The van der Waals surface area contributed by atoms with Gasteiger partial charge in [0.05, 0.1) is 0 Å². The third-order valence-electron chi connectivity index (χ3n) is 2.47. The Morgan fingerprint density at radius 3 is 2.69 bits per heavy atom. The van der Waals surface area contributed by atoms with Crippen LogP contribution in [0.3, 0.4) is 0 Å². The summed E-state index contributed by atoms with van der Waals surface area (Å²) in [5.41, 5.74) is 2.14. The molecule has 0 aliphatic rings. The summed E-state index contributed by atoms with van der Waals surface area (Å²) in [5, 5.41) is 3.25. The molecule has 0 aliphatic heterocycles. The summed E-state index contributed by atoms with van der Waals surface area (Å²) in [5.74, 6) is 0. The number of pyridine rings is 1. The van der Waals surface area contributed by atoms with Gasteiger partial charge in [0.2, 0.25) is 0 Å². The summed E-state index contributed by atoms with van der Waals surface area (Å²) < 4.78 is 0. The van der Waals surface area contributed by atoms with Crippen LogP contribution >= 0.6 is 0 Å². The second-order valence-corrected chi connectivity index (χ2v) is 3.54. The Kier molecular flexibility index (Phi) is 3.56. The molecule has 82 valence electrons. The highest BCUT2D eigenvalue weighted by atomic mass is 14.9. The normalized spacial score (nSPS) is 12.3. The van der Waals surface area contributed by atoms with E-state index in [1.165, 1.54) is 6.33 Å². The van der Waals surface area contributed by atoms with Crippen molar-refractivity contribution < 1.29 is 0 Å². The smallest absolute Gasteiger partial charge is 0.115 e. The van der Waals surface area contributed by atoms with E-state index in [1.54, 1.807) is 0 Å². The van der Waals surface area contributed by atoms with Crippen molar-refractivity contribution in [1.82, 2.24) is 20.3 Å². The summed E-state index contributed by atoms with van der Waals surface area (Å²) in [6, 6.07) is 6.14. The van der Waals surface area contributed by atoms with Gasteiger partial charge in [-0.25, -0.2) is 9.97 Å². The molecule has 0 aromatic carbocycles. The summed E-state index contributed by atoms with van der Waals surface area (Å²) in [7, 11) is 1.93. The zero-order chi connectivity index (χ0) is 11.2. The Morgan fingerprint density at radius 1 is 1.25 bits per heavy atom. The molecule has 0 bridgehead atoms. The maximum atomic E-state index is 4.31. The second kappa shape index (κ2) is 5.32. The van der Waals surface area contributed by atoms with Crippen LogP contribution in [0.4, 0.5) is 0 Å². The molecule has 0 aliphatic carbocycles. The zero-order valence-corrected chi connectivity index (χ0v) is 9.17. The zero-order valence-electron chi connectivity index (χ0n) is 9.17. The Labute approximate surface area is 94.8 Å². The lowest BCUT2D eigenvalue weighted by Crippen LogP contribution is -2.19. The van der Waals surface area contributed by atoms with Gasteiger partial charge in [-0.15, -0.1) is 0 Å². The lowest BCUT2D eigenvalue weighted by atomic mass is 10.1. The van der Waals surface area contributed by atoms with Crippen LogP contribution in [0.15, 0.2) is 43.1 Å². The van der Waals surface area contributed by atoms with Crippen molar-refractivity contribution >= 4 is 0 Å². The number of aromatic nitrogens is 3. The molecule has 2 rings (SSSR count). The monoisotopic (exact) mass is 214 g/mol. The molecule has 1 unspecified atom stereocenters. The third kappa shape index (κ3) is 2.61. The molecule has 0 amide bonds. The molecule has 16 heavy (non-hydrogen) atoms. The first-order valence-corrected chi connectivity index (χ1v) is 5.22. The van der Waals surface area contributed by atoms with Crippen molar-refractivity contribution in [2.24, 2.45) is 0 Å². The van der Waals surface area contributed by atoms with Crippen LogP contribution < -0.4 is 5.32 Å². The maximum absolute atomic E-state index is 4.31. The molecular formula is C12H14N4. The molecular weight excluding hydrogens is 200 g/mol. The molecule has 0 saturated carbocycles. The van der Waals surface area contributed by atoms with Crippen molar-refractivity contribution in [1.29, 1.82) is 0 Å². The van der Waals surface area contributed by atoms with Crippen molar-refractivity contribution in [3.63, 3.8) is 0 Å². The first-order valence-electron chi connectivity index (χ1n) is 5.22. The predicted molar refractivity (Wildman–Crippen MR) is 61.8 cm³/mol. The largest absolute Gasteiger partial charge is 0.313 e. The average molecular weight is 214 g/mol. The van der Waals surface area contributed by atoms with Gasteiger partial charge in [-0.05, 0) is 19.2 Å². The van der Waals surface area contributed by atoms with Crippen LogP contribution in [0.2, 0.25) is 0 Å². The highest BCUT2D eigenvalue weighted by molar-refractivity contribution is 5.14. The van der Waals surface area contributed by atoms with E-state index in [4.69, 9.17) is 0 Å². The van der Waals surface area contributed by atoms with E-state index in [-0.39, 0.29) is 6.04 Å². The number of nitrogens with one attached hydrogen (secondary N) is 1. The van der Waals surface area contributed by atoms with Gasteiger partial charge in [0.1, 0.15) is 6.33 Å². The summed E-state index contributed by atoms with van der Waals surface area (Å²) in [4.78, 5) is 12.4. The lowest BCUT2D eigenvalue weighted by Gasteiger charge is -2.14. The van der Waals surface area contributed by atoms with E-state index in [9.17, 15) is 0 Å². The highest BCUT2D eigenvalue weighted by Gasteiger charge is 2.10. The van der Waals surface area contributed by atoms with E-state index in [0.717, 1.165) is 17.7 Å². The van der Waals surface area contributed by atoms with Crippen molar-refractivity contribution in [2.45, 2.75) is 12.5 Å². The number of likely N-dealkylation sites (N-methyl/N-ethyl adjacent to an activating group) is 1. The van der Waals surface area contributed by atoms with Gasteiger partial charge < -0.3 is 5.32 Å². The lowest BCUT2D eigenvalue weighted by molar-refractivity contribution is 0.580. The minimum Gasteiger partial charge on any atom is -0.313 e. The number of hydrogen-bond acceptors (Lipinski definition) is 4. The Bertz CT molecular complexity index is 416. The molecule has 4 nitrogen and oxygen atoms in total. The van der Waals surface area contributed by atoms with Crippen LogP contribution in [0.5, 0.6) is 0 Å². The van der Waals surface area contributed by atoms with Crippen LogP contribution in [0, 0.1) is 0 Å². The molecule has 0 saturated heterocycles. The van der Waals surface area contributed by atoms with Crippen LogP contribution in [0.1, 0.15) is 17.3 Å². The molecule has 1 atom stereocenters. The van der Waals surface area contributed by atoms with Gasteiger partial charge >= 0.3 is 0 Å². The minimum atomic E-state index is 0.205. The fraction of sp³-hybridized carbons (Fsp3) is 0.250. The Balaban J connectivity index is 2.13. The van der Waals surface area contributed by atoms with Crippen LogP contribution in [0.25, 0.3) is 0 Å². The number of hydrogen-bond donors (Lipinski definition) is 1.